The molecule has 3 nitrogen and oxygen atoms in total. The molecule has 0 spiro atoms. The first kappa shape index (κ1) is 14.5. The molecule has 0 radical (unpaired) electrons. The number of nitrogens with zero attached hydrogens (tertiary/aromatic N) is 2. The van der Waals surface area contributed by atoms with E-state index in [0.29, 0.717) is 5.82 Å². The monoisotopic (exact) mass is 315 g/mol. The lowest BCUT2D eigenvalue weighted by molar-refractivity contribution is 0.896. The summed E-state index contributed by atoms with van der Waals surface area (Å²) < 4.78 is 0. The van der Waals surface area contributed by atoms with E-state index >= 15 is 0 Å². The number of thioether (sulfide) groups is 2. The van der Waals surface area contributed by atoms with E-state index < -0.39 is 0 Å². The number of fused-ring (bicyclic) bond motifs is 1. The second-order valence-corrected chi connectivity index (χ2v) is 6.68. The van der Waals surface area contributed by atoms with Gasteiger partial charge in [-0.1, -0.05) is 47.7 Å². The molecule has 5 heteroatoms. The second-order valence-electron chi connectivity index (χ2n) is 4.91. The summed E-state index contributed by atoms with van der Waals surface area (Å²) in [7, 11) is 0. The molecular formula is C16H17N3S2. The van der Waals surface area contributed by atoms with Gasteiger partial charge in [0.15, 0.2) is 5.16 Å². The minimum absolute atomic E-state index is 0.541. The van der Waals surface area contributed by atoms with Crippen LogP contribution in [0, 0.1) is 0 Å². The van der Waals surface area contributed by atoms with Crippen molar-refractivity contribution in [1.29, 1.82) is 0 Å². The first-order valence-electron chi connectivity index (χ1n) is 6.83. The molecular weight excluding hydrogens is 298 g/mol. The van der Waals surface area contributed by atoms with Gasteiger partial charge in [0, 0.05) is 11.8 Å². The van der Waals surface area contributed by atoms with Gasteiger partial charge in [-0.15, -0.1) is 11.8 Å². The summed E-state index contributed by atoms with van der Waals surface area (Å²) in [5.74, 6) is 1.46. The highest BCUT2D eigenvalue weighted by molar-refractivity contribution is 7.99. The summed E-state index contributed by atoms with van der Waals surface area (Å²) >= 11 is 3.25. The molecule has 0 bridgehead atoms. The van der Waals surface area contributed by atoms with Crippen molar-refractivity contribution in [2.75, 3.05) is 17.7 Å². The van der Waals surface area contributed by atoms with Crippen molar-refractivity contribution in [2.45, 2.75) is 23.0 Å². The molecule has 1 aromatic carbocycles. The van der Waals surface area contributed by atoms with Gasteiger partial charge < -0.3 is 5.73 Å². The molecule has 0 amide bonds. The van der Waals surface area contributed by atoms with E-state index in [2.05, 4.69) is 40.3 Å². The number of hydrogen-bond acceptors (Lipinski definition) is 5. The Hall–Kier alpha value is -1.46. The molecule has 0 fully saturated rings. The topological polar surface area (TPSA) is 51.8 Å². The Bertz CT molecular complexity index is 683. The van der Waals surface area contributed by atoms with Gasteiger partial charge in [0.2, 0.25) is 0 Å². The highest BCUT2D eigenvalue weighted by Gasteiger charge is 2.11. The largest absolute Gasteiger partial charge is 0.384 e. The Morgan fingerprint density at radius 1 is 1.19 bits per heavy atom. The Morgan fingerprint density at radius 2 is 2.05 bits per heavy atom. The maximum Gasteiger partial charge on any atom is 0.190 e. The lowest BCUT2D eigenvalue weighted by Crippen LogP contribution is -2.02. The smallest absolute Gasteiger partial charge is 0.190 e. The minimum atomic E-state index is 0.541. The zero-order chi connectivity index (χ0) is 14.7. The molecule has 21 heavy (non-hydrogen) atoms. The van der Waals surface area contributed by atoms with Crippen molar-refractivity contribution >= 4 is 35.4 Å². The van der Waals surface area contributed by atoms with Crippen LogP contribution in [0.25, 0.3) is 6.08 Å². The van der Waals surface area contributed by atoms with Crippen LogP contribution in [0.1, 0.15) is 17.5 Å². The Morgan fingerprint density at radius 3 is 2.90 bits per heavy atom. The number of hydrogen-bond donors (Lipinski definition) is 1. The number of aromatic nitrogens is 2. The van der Waals surface area contributed by atoms with Crippen LogP contribution in [-0.4, -0.2) is 22.0 Å². The summed E-state index contributed by atoms with van der Waals surface area (Å²) in [6.07, 6.45) is 6.53. The van der Waals surface area contributed by atoms with Gasteiger partial charge in [0.05, 0.1) is 0 Å². The molecule has 0 unspecified atom stereocenters. The molecule has 1 aromatic heterocycles. The fourth-order valence-corrected chi connectivity index (χ4v) is 3.70. The number of anilines is 1. The molecule has 1 aliphatic carbocycles. The number of nitrogen functional groups attached to an aromatic ring is 1. The summed E-state index contributed by atoms with van der Waals surface area (Å²) in [5, 5.41) is 1.69. The summed E-state index contributed by atoms with van der Waals surface area (Å²) in [6.45, 7) is 0. The van der Waals surface area contributed by atoms with Gasteiger partial charge >= 0.3 is 0 Å². The molecule has 3 rings (SSSR count). The van der Waals surface area contributed by atoms with Crippen molar-refractivity contribution < 1.29 is 0 Å². The molecule has 108 valence electrons. The van der Waals surface area contributed by atoms with E-state index in [0.717, 1.165) is 28.8 Å². The predicted molar refractivity (Wildman–Crippen MR) is 91.7 cm³/mol. The first-order valence-corrected chi connectivity index (χ1v) is 9.04. The van der Waals surface area contributed by atoms with Crippen LogP contribution in [0.2, 0.25) is 0 Å². The maximum absolute atomic E-state index is 5.81. The fraction of sp³-hybridized carbons (Fsp3) is 0.250. The van der Waals surface area contributed by atoms with Gasteiger partial charge in [-0.25, -0.2) is 9.97 Å². The van der Waals surface area contributed by atoms with Crippen molar-refractivity contribution in [3.8, 4) is 0 Å². The van der Waals surface area contributed by atoms with Crippen LogP contribution in [0.3, 0.4) is 0 Å². The maximum atomic E-state index is 5.81. The quantitative estimate of drug-likeness (QED) is 0.527. The third kappa shape index (κ3) is 3.60. The molecule has 1 heterocycles. The van der Waals surface area contributed by atoms with Crippen molar-refractivity contribution in [3.05, 3.63) is 47.0 Å². The lowest BCUT2D eigenvalue weighted by Gasteiger charge is -2.15. The van der Waals surface area contributed by atoms with E-state index in [1.54, 1.807) is 23.5 Å². The average Bonchev–Trinajstić information content (AvgIpc) is 2.52. The first-order chi connectivity index (χ1) is 10.2. The van der Waals surface area contributed by atoms with E-state index in [1.165, 1.54) is 16.7 Å². The van der Waals surface area contributed by atoms with Crippen LogP contribution in [0.5, 0.6) is 0 Å². The van der Waals surface area contributed by atoms with Gasteiger partial charge in [0.25, 0.3) is 0 Å². The van der Waals surface area contributed by atoms with E-state index in [1.807, 2.05) is 12.3 Å². The van der Waals surface area contributed by atoms with E-state index in [4.69, 9.17) is 5.73 Å². The van der Waals surface area contributed by atoms with Crippen LogP contribution in [0.4, 0.5) is 5.82 Å². The highest BCUT2D eigenvalue weighted by atomic mass is 32.2. The fourth-order valence-electron chi connectivity index (χ4n) is 2.35. The van der Waals surface area contributed by atoms with Gasteiger partial charge in [-0.05, 0) is 30.2 Å². The zero-order valence-corrected chi connectivity index (χ0v) is 13.5. The zero-order valence-electron chi connectivity index (χ0n) is 11.9. The molecule has 0 saturated heterocycles. The Labute approximate surface area is 133 Å². The molecule has 0 atom stereocenters. The number of aryl methyl sites for hydroxylation is 1. The van der Waals surface area contributed by atoms with Gasteiger partial charge in [-0.2, -0.15) is 0 Å². The Balaban J connectivity index is 1.71. The highest BCUT2D eigenvalue weighted by Crippen LogP contribution is 2.28. The van der Waals surface area contributed by atoms with Crippen LogP contribution >= 0.6 is 23.5 Å². The van der Waals surface area contributed by atoms with E-state index in [-0.39, 0.29) is 0 Å². The number of rotatable bonds is 4. The average molecular weight is 315 g/mol. The number of benzene rings is 1. The second kappa shape index (κ2) is 6.54. The SMILES string of the molecule is CSc1cc(N)nc(SCC2=Cc3ccccc3CC2)n1. The Kier molecular flexibility index (Phi) is 4.51. The molecule has 1 aliphatic rings. The van der Waals surface area contributed by atoms with Crippen molar-refractivity contribution in [2.24, 2.45) is 0 Å². The van der Waals surface area contributed by atoms with Crippen molar-refractivity contribution in [3.63, 3.8) is 0 Å². The summed E-state index contributed by atoms with van der Waals surface area (Å²) in [6, 6.07) is 10.4. The summed E-state index contributed by atoms with van der Waals surface area (Å²) in [5.41, 5.74) is 10.0. The predicted octanol–water partition coefficient (Wildman–Crippen LogP) is 3.90. The normalized spacial score (nSPS) is 13.7. The molecule has 2 aromatic rings. The van der Waals surface area contributed by atoms with Gasteiger partial charge in [-0.3, -0.25) is 0 Å². The van der Waals surface area contributed by atoms with Crippen LogP contribution in [0.15, 0.2) is 46.1 Å². The number of nitrogens with two attached hydrogens (primary N) is 1. The molecule has 0 aliphatic heterocycles. The molecule has 2 N–H and O–H groups in total. The third-order valence-electron chi connectivity index (χ3n) is 3.43. The standard InChI is InChI=1S/C16H17N3S2/c1-20-15-9-14(17)18-16(19-15)21-10-11-6-7-12-4-2-3-5-13(12)8-11/h2-5,8-9H,6-7,10H2,1H3,(H2,17,18,19). The third-order valence-corrected chi connectivity index (χ3v) is 5.01. The molecule has 0 saturated carbocycles. The van der Waals surface area contributed by atoms with Crippen molar-refractivity contribution in [1.82, 2.24) is 9.97 Å². The lowest BCUT2D eigenvalue weighted by atomic mass is 9.93. The van der Waals surface area contributed by atoms with Crippen LogP contribution < -0.4 is 5.73 Å². The van der Waals surface area contributed by atoms with Gasteiger partial charge in [0.1, 0.15) is 10.8 Å². The minimum Gasteiger partial charge on any atom is -0.384 e. The van der Waals surface area contributed by atoms with E-state index in [9.17, 15) is 0 Å². The summed E-state index contributed by atoms with van der Waals surface area (Å²) in [4.78, 5) is 8.79. The van der Waals surface area contributed by atoms with Crippen LogP contribution in [-0.2, 0) is 6.42 Å².